The van der Waals surface area contributed by atoms with Crippen LogP contribution in [-0.2, 0) is 9.59 Å². The van der Waals surface area contributed by atoms with Gasteiger partial charge in [0.25, 0.3) is 0 Å². The van der Waals surface area contributed by atoms with Gasteiger partial charge >= 0.3 is 11.9 Å². The molecule has 6 heteroatoms. The van der Waals surface area contributed by atoms with Gasteiger partial charge in [0, 0.05) is 0 Å². The maximum absolute atomic E-state index is 10.6. The summed E-state index contributed by atoms with van der Waals surface area (Å²) in [6.45, 7) is 0. The van der Waals surface area contributed by atoms with E-state index in [4.69, 9.17) is 21.7 Å². The van der Waals surface area contributed by atoms with E-state index in [9.17, 15) is 9.59 Å². The fraction of sp³-hybridized carbons (Fsp3) is 0.200. The molecule has 0 saturated heterocycles. The molecule has 0 aliphatic rings. The number of carboxylic acid groups (broad SMARTS) is 2. The lowest BCUT2D eigenvalue weighted by Crippen LogP contribution is -2.22. The van der Waals surface area contributed by atoms with Gasteiger partial charge in [-0.05, 0) is 11.1 Å². The van der Waals surface area contributed by atoms with Crippen LogP contribution in [-0.4, -0.2) is 22.2 Å². The molecule has 0 radical (unpaired) electrons. The molecule has 1 rings (SSSR count). The molecule has 0 fully saturated rings. The van der Waals surface area contributed by atoms with Crippen molar-refractivity contribution < 1.29 is 19.8 Å². The maximum atomic E-state index is 10.6. The Balaban J connectivity index is 2.91. The van der Waals surface area contributed by atoms with Gasteiger partial charge in [0.05, 0.1) is 0 Å². The molecular formula is C10H12N2O4. The van der Waals surface area contributed by atoms with Crippen LogP contribution in [0.3, 0.4) is 0 Å². The van der Waals surface area contributed by atoms with Crippen LogP contribution in [0.4, 0.5) is 0 Å². The molecule has 1 aromatic rings. The smallest absolute Gasteiger partial charge is 0.325 e. The Hall–Kier alpha value is -1.92. The summed E-state index contributed by atoms with van der Waals surface area (Å²) in [4.78, 5) is 21.2. The van der Waals surface area contributed by atoms with Crippen LogP contribution in [0.15, 0.2) is 24.3 Å². The summed E-state index contributed by atoms with van der Waals surface area (Å²) < 4.78 is 0. The van der Waals surface area contributed by atoms with Gasteiger partial charge in [-0.3, -0.25) is 9.59 Å². The Morgan fingerprint density at radius 1 is 0.875 bits per heavy atom. The van der Waals surface area contributed by atoms with Crippen molar-refractivity contribution in [1.29, 1.82) is 0 Å². The molecule has 0 heterocycles. The molecule has 6 N–H and O–H groups in total. The molecular weight excluding hydrogens is 212 g/mol. The van der Waals surface area contributed by atoms with E-state index in [1.54, 1.807) is 0 Å². The van der Waals surface area contributed by atoms with Gasteiger partial charge in [0.2, 0.25) is 0 Å². The lowest BCUT2D eigenvalue weighted by atomic mass is 10.0. The highest BCUT2D eigenvalue weighted by Gasteiger charge is 2.17. The molecule has 0 amide bonds. The van der Waals surface area contributed by atoms with Crippen LogP contribution >= 0.6 is 0 Å². The van der Waals surface area contributed by atoms with Gasteiger partial charge in [-0.1, -0.05) is 24.3 Å². The van der Waals surface area contributed by atoms with Gasteiger partial charge in [-0.2, -0.15) is 0 Å². The summed E-state index contributed by atoms with van der Waals surface area (Å²) in [5, 5.41) is 17.3. The van der Waals surface area contributed by atoms with Crippen LogP contribution in [0.1, 0.15) is 23.2 Å². The number of aliphatic carboxylic acids is 2. The molecule has 0 aromatic heterocycles. The van der Waals surface area contributed by atoms with Crippen molar-refractivity contribution in [2.24, 2.45) is 11.5 Å². The maximum Gasteiger partial charge on any atom is 0.325 e. The predicted molar refractivity (Wildman–Crippen MR) is 55.6 cm³/mol. The average molecular weight is 224 g/mol. The zero-order valence-corrected chi connectivity index (χ0v) is 8.33. The highest BCUT2D eigenvalue weighted by molar-refractivity contribution is 5.76. The summed E-state index contributed by atoms with van der Waals surface area (Å²) in [5.74, 6) is -2.29. The molecule has 2 atom stereocenters. The second-order valence-corrected chi connectivity index (χ2v) is 3.30. The topological polar surface area (TPSA) is 127 Å². The third-order valence-corrected chi connectivity index (χ3v) is 2.19. The second-order valence-electron chi connectivity index (χ2n) is 3.30. The van der Waals surface area contributed by atoms with E-state index in [0.29, 0.717) is 11.1 Å². The Morgan fingerprint density at radius 3 is 1.31 bits per heavy atom. The third-order valence-electron chi connectivity index (χ3n) is 2.19. The quantitative estimate of drug-likeness (QED) is 0.563. The molecule has 0 saturated carbocycles. The largest absolute Gasteiger partial charge is 0.480 e. The molecule has 0 spiro atoms. The van der Waals surface area contributed by atoms with Crippen molar-refractivity contribution in [3.05, 3.63) is 35.4 Å². The predicted octanol–water partition coefficient (Wildman–Crippen LogP) is -0.145. The van der Waals surface area contributed by atoms with E-state index in [1.807, 2.05) is 0 Å². The number of hydrogen-bond acceptors (Lipinski definition) is 4. The summed E-state index contributed by atoms with van der Waals surface area (Å²) in [5.41, 5.74) is 11.5. The van der Waals surface area contributed by atoms with Gasteiger partial charge in [-0.25, -0.2) is 0 Å². The van der Waals surface area contributed by atoms with Crippen molar-refractivity contribution in [2.75, 3.05) is 0 Å². The number of carbonyl (C=O) groups is 2. The number of nitrogens with two attached hydrogens (primary N) is 2. The van der Waals surface area contributed by atoms with Crippen molar-refractivity contribution in [1.82, 2.24) is 0 Å². The van der Waals surface area contributed by atoms with E-state index < -0.39 is 24.0 Å². The fourth-order valence-corrected chi connectivity index (χ4v) is 1.20. The molecule has 16 heavy (non-hydrogen) atoms. The fourth-order valence-electron chi connectivity index (χ4n) is 1.20. The lowest BCUT2D eigenvalue weighted by Gasteiger charge is -2.10. The second kappa shape index (κ2) is 4.73. The first kappa shape index (κ1) is 12.2. The summed E-state index contributed by atoms with van der Waals surface area (Å²) in [6.07, 6.45) is 0. The summed E-state index contributed by atoms with van der Waals surface area (Å²) in [6, 6.07) is 3.59. The Morgan fingerprint density at radius 2 is 1.12 bits per heavy atom. The van der Waals surface area contributed by atoms with Gasteiger partial charge < -0.3 is 21.7 Å². The van der Waals surface area contributed by atoms with Crippen LogP contribution in [0.25, 0.3) is 0 Å². The van der Waals surface area contributed by atoms with E-state index in [2.05, 4.69) is 0 Å². The SMILES string of the molecule is N[C@H](C(=O)O)c1ccc([C@H](N)C(=O)O)cc1. The molecule has 6 nitrogen and oxygen atoms in total. The first-order valence-electron chi connectivity index (χ1n) is 4.50. The highest BCUT2D eigenvalue weighted by Crippen LogP contribution is 2.15. The highest BCUT2D eigenvalue weighted by atomic mass is 16.4. The zero-order valence-electron chi connectivity index (χ0n) is 8.33. The monoisotopic (exact) mass is 224 g/mol. The minimum Gasteiger partial charge on any atom is -0.480 e. The van der Waals surface area contributed by atoms with Crippen LogP contribution in [0, 0.1) is 0 Å². The molecule has 0 aliphatic heterocycles. The molecule has 0 aliphatic carbocycles. The van der Waals surface area contributed by atoms with Crippen molar-refractivity contribution in [2.45, 2.75) is 12.1 Å². The minimum atomic E-state index is -1.14. The van der Waals surface area contributed by atoms with E-state index >= 15 is 0 Å². The lowest BCUT2D eigenvalue weighted by molar-refractivity contribution is -0.139. The first-order valence-corrected chi connectivity index (χ1v) is 4.50. The van der Waals surface area contributed by atoms with Crippen LogP contribution in [0.2, 0.25) is 0 Å². The van der Waals surface area contributed by atoms with Crippen molar-refractivity contribution in [3.8, 4) is 0 Å². The van der Waals surface area contributed by atoms with Crippen molar-refractivity contribution in [3.63, 3.8) is 0 Å². The van der Waals surface area contributed by atoms with E-state index in [0.717, 1.165) is 0 Å². The Labute approximate surface area is 91.5 Å². The normalized spacial score (nSPS) is 14.1. The summed E-state index contributed by atoms with van der Waals surface area (Å²) >= 11 is 0. The number of hydrogen-bond donors (Lipinski definition) is 4. The van der Waals surface area contributed by atoms with Crippen LogP contribution < -0.4 is 11.5 Å². The molecule has 86 valence electrons. The number of benzene rings is 1. The Kier molecular flexibility index (Phi) is 3.60. The van der Waals surface area contributed by atoms with Crippen LogP contribution in [0.5, 0.6) is 0 Å². The first-order chi connectivity index (χ1) is 7.43. The number of rotatable bonds is 4. The van der Waals surface area contributed by atoms with E-state index in [-0.39, 0.29) is 0 Å². The third kappa shape index (κ3) is 2.56. The summed E-state index contributed by atoms with van der Waals surface area (Å²) in [7, 11) is 0. The number of carboxylic acids is 2. The molecule has 0 bridgehead atoms. The Bertz CT molecular complexity index is 363. The van der Waals surface area contributed by atoms with Gasteiger partial charge in [-0.15, -0.1) is 0 Å². The van der Waals surface area contributed by atoms with Gasteiger partial charge in [0.15, 0.2) is 0 Å². The standard InChI is InChI=1S/C10H12N2O4/c11-7(9(13)14)5-1-2-6(4-3-5)8(12)10(15)16/h1-4,7-8H,11-12H2,(H,13,14)(H,15,16)/t7-,8-/m0/s1. The van der Waals surface area contributed by atoms with Gasteiger partial charge in [0.1, 0.15) is 12.1 Å². The zero-order chi connectivity index (χ0) is 12.3. The van der Waals surface area contributed by atoms with Crippen molar-refractivity contribution >= 4 is 11.9 Å². The minimum absolute atomic E-state index is 0.397. The van der Waals surface area contributed by atoms with E-state index in [1.165, 1.54) is 24.3 Å². The molecule has 0 unspecified atom stereocenters. The molecule has 1 aromatic carbocycles. The average Bonchev–Trinajstić information content (AvgIpc) is 2.27.